The summed E-state index contributed by atoms with van der Waals surface area (Å²) in [5, 5.41) is 4.25. The standard InChI is InChI=1S/C56H34N6O.CH5N/c1-3-13-41(47-15-5-7-27-57-47)39(11-1)35-19-23-49-45(31-35)55-51(17-9-29-59-55)61(49)37-21-25-53-43(33-37)44-34-38(22-26-54(44)63-53)62-50-24-20-36(32-46(50)56-52(62)18-10-30-60-56)40-12-2-4-14-42(40)48-16-6-8-28-58-48;1-2/h1-34H;2H2,1H3. The quantitative estimate of drug-likeness (QED) is 0.179. The van der Waals surface area contributed by atoms with Crippen LogP contribution in [0.5, 0.6) is 0 Å². The van der Waals surface area contributed by atoms with Crippen molar-refractivity contribution in [1.29, 1.82) is 0 Å². The molecule has 0 aliphatic heterocycles. The van der Waals surface area contributed by atoms with E-state index in [-0.39, 0.29) is 0 Å². The van der Waals surface area contributed by atoms with E-state index < -0.39 is 0 Å². The molecule has 308 valence electrons. The minimum absolute atomic E-state index is 0.832. The lowest BCUT2D eigenvalue weighted by atomic mass is 9.96. The van der Waals surface area contributed by atoms with Gasteiger partial charge in [0.2, 0.25) is 0 Å². The van der Waals surface area contributed by atoms with Crippen LogP contribution in [0, 0.1) is 0 Å². The zero-order valence-electron chi connectivity index (χ0n) is 35.3. The van der Waals surface area contributed by atoms with Gasteiger partial charge in [0.15, 0.2) is 0 Å². The van der Waals surface area contributed by atoms with Gasteiger partial charge in [-0.15, -0.1) is 0 Å². The average Bonchev–Trinajstić information content (AvgIpc) is 4.04. The molecule has 0 unspecified atom stereocenters. The maximum Gasteiger partial charge on any atom is 0.135 e. The Morgan fingerprint density at radius 3 is 1.23 bits per heavy atom. The largest absolute Gasteiger partial charge is 0.456 e. The number of rotatable bonds is 6. The van der Waals surface area contributed by atoms with Gasteiger partial charge >= 0.3 is 0 Å². The van der Waals surface area contributed by atoms with Crippen LogP contribution in [-0.4, -0.2) is 36.1 Å². The molecule has 0 aliphatic carbocycles. The van der Waals surface area contributed by atoms with Gasteiger partial charge in [-0.3, -0.25) is 19.9 Å². The molecule has 6 aromatic carbocycles. The number of nitrogens with zero attached hydrogens (tertiary/aromatic N) is 6. The highest BCUT2D eigenvalue weighted by atomic mass is 16.3. The number of furan rings is 1. The summed E-state index contributed by atoms with van der Waals surface area (Å²) in [5.41, 5.74) is 22.9. The lowest BCUT2D eigenvalue weighted by Gasteiger charge is -2.11. The Balaban J connectivity index is 0.00000219. The van der Waals surface area contributed by atoms with Crippen molar-refractivity contribution in [2.45, 2.75) is 0 Å². The van der Waals surface area contributed by atoms with Gasteiger partial charge in [0.05, 0.1) is 44.5 Å². The Morgan fingerprint density at radius 1 is 0.354 bits per heavy atom. The van der Waals surface area contributed by atoms with Crippen molar-refractivity contribution in [3.63, 3.8) is 0 Å². The van der Waals surface area contributed by atoms with E-state index in [0.29, 0.717) is 0 Å². The summed E-state index contributed by atoms with van der Waals surface area (Å²) in [5.74, 6) is 0. The molecule has 65 heavy (non-hydrogen) atoms. The second-order valence-electron chi connectivity index (χ2n) is 15.9. The summed E-state index contributed by atoms with van der Waals surface area (Å²) in [6, 6.07) is 63.7. The summed E-state index contributed by atoms with van der Waals surface area (Å²) in [6.07, 6.45) is 7.44. The van der Waals surface area contributed by atoms with Gasteiger partial charge in [-0.1, -0.05) is 72.8 Å². The van der Waals surface area contributed by atoms with E-state index in [2.05, 4.69) is 170 Å². The number of hydrogen-bond acceptors (Lipinski definition) is 6. The number of benzene rings is 6. The molecular weight excluding hydrogens is 799 g/mol. The Kier molecular flexibility index (Phi) is 9.10. The van der Waals surface area contributed by atoms with Crippen LogP contribution < -0.4 is 5.73 Å². The first-order valence-corrected chi connectivity index (χ1v) is 21.6. The fourth-order valence-corrected chi connectivity index (χ4v) is 9.55. The van der Waals surface area contributed by atoms with Crippen molar-refractivity contribution < 1.29 is 4.42 Å². The van der Waals surface area contributed by atoms with Gasteiger partial charge in [-0.25, -0.2) is 0 Å². The highest BCUT2D eigenvalue weighted by Crippen LogP contribution is 2.41. The van der Waals surface area contributed by atoms with E-state index in [1.54, 1.807) is 0 Å². The molecule has 13 aromatic rings. The maximum atomic E-state index is 6.52. The minimum Gasteiger partial charge on any atom is -0.456 e. The smallest absolute Gasteiger partial charge is 0.135 e. The third kappa shape index (κ3) is 6.19. The molecule has 0 spiro atoms. The molecule has 7 heterocycles. The van der Waals surface area contributed by atoms with Gasteiger partial charge in [0, 0.05) is 68.8 Å². The van der Waals surface area contributed by atoms with Gasteiger partial charge in [0.1, 0.15) is 11.2 Å². The number of hydrogen-bond donors (Lipinski definition) is 1. The fourth-order valence-electron chi connectivity index (χ4n) is 9.55. The lowest BCUT2D eigenvalue weighted by molar-refractivity contribution is 0.669. The van der Waals surface area contributed by atoms with Crippen LogP contribution in [0.3, 0.4) is 0 Å². The fraction of sp³-hybridized carbons (Fsp3) is 0.0175. The lowest BCUT2D eigenvalue weighted by Crippen LogP contribution is -1.94. The molecule has 0 aliphatic rings. The summed E-state index contributed by atoms with van der Waals surface area (Å²) < 4.78 is 11.2. The SMILES string of the molecule is CN.c1ccc(-c2ccccc2-c2ccc3c(c2)c2ncccc2n3-c2ccc3oc4ccc(-n5c6ccc(-c7ccccc7-c7ccccn7)cc6c6ncccc65)cc4c3c2)nc1. The predicted molar refractivity (Wildman–Crippen MR) is 265 cm³/mol. The minimum atomic E-state index is 0.832. The van der Waals surface area contributed by atoms with Crippen molar-refractivity contribution in [3.05, 3.63) is 207 Å². The third-order valence-electron chi connectivity index (χ3n) is 12.4. The van der Waals surface area contributed by atoms with Gasteiger partial charge < -0.3 is 19.3 Å². The molecule has 8 heteroatoms. The number of fused-ring (bicyclic) bond motifs is 9. The van der Waals surface area contributed by atoms with Crippen LogP contribution in [0.1, 0.15) is 0 Å². The van der Waals surface area contributed by atoms with Gasteiger partial charge in [-0.05, 0) is 138 Å². The van der Waals surface area contributed by atoms with Crippen LogP contribution in [0.25, 0.3) is 122 Å². The Hall–Kier alpha value is -8.72. The summed E-state index contributed by atoms with van der Waals surface area (Å²) >= 11 is 0. The van der Waals surface area contributed by atoms with Gasteiger partial charge in [0.25, 0.3) is 0 Å². The second-order valence-corrected chi connectivity index (χ2v) is 15.9. The topological polar surface area (TPSA) is 101 Å². The number of nitrogens with two attached hydrogens (primary N) is 1. The molecule has 2 N–H and O–H groups in total. The average molecular weight is 838 g/mol. The van der Waals surface area contributed by atoms with E-state index in [1.165, 1.54) is 7.05 Å². The molecule has 0 bridgehead atoms. The van der Waals surface area contributed by atoms with E-state index in [4.69, 9.17) is 14.4 Å². The second kappa shape index (κ2) is 15.6. The monoisotopic (exact) mass is 837 g/mol. The van der Waals surface area contributed by atoms with Crippen molar-refractivity contribution in [3.8, 4) is 56.1 Å². The molecule has 0 fully saturated rings. The first-order chi connectivity index (χ1) is 32.2. The van der Waals surface area contributed by atoms with E-state index >= 15 is 0 Å². The molecule has 0 radical (unpaired) electrons. The first kappa shape index (κ1) is 38.0. The molecule has 0 saturated carbocycles. The van der Waals surface area contributed by atoms with Crippen molar-refractivity contribution in [2.75, 3.05) is 7.05 Å². The predicted octanol–water partition coefficient (Wildman–Crippen LogP) is 13.6. The third-order valence-corrected chi connectivity index (χ3v) is 12.4. The zero-order valence-corrected chi connectivity index (χ0v) is 35.3. The Bertz CT molecular complexity index is 3670. The van der Waals surface area contributed by atoms with E-state index in [9.17, 15) is 0 Å². The number of pyridine rings is 4. The number of aromatic nitrogens is 6. The molecule has 8 nitrogen and oxygen atoms in total. The normalized spacial score (nSPS) is 11.5. The van der Waals surface area contributed by atoms with E-state index in [1.807, 2.05) is 61.2 Å². The van der Waals surface area contributed by atoms with Crippen molar-refractivity contribution >= 4 is 65.8 Å². The molecule has 0 atom stereocenters. The molecule has 13 rings (SSSR count). The van der Waals surface area contributed by atoms with Crippen LogP contribution in [0.2, 0.25) is 0 Å². The molecule has 0 amide bonds. The summed E-state index contributed by atoms with van der Waals surface area (Å²) in [6.45, 7) is 0. The highest BCUT2D eigenvalue weighted by Gasteiger charge is 2.20. The Labute approximate surface area is 373 Å². The molecular formula is C57H39N7O. The summed E-state index contributed by atoms with van der Waals surface area (Å²) in [7, 11) is 1.50. The first-order valence-electron chi connectivity index (χ1n) is 21.6. The summed E-state index contributed by atoms with van der Waals surface area (Å²) in [4.78, 5) is 19.2. The molecule has 0 saturated heterocycles. The van der Waals surface area contributed by atoms with Crippen LogP contribution in [0.4, 0.5) is 0 Å². The van der Waals surface area contributed by atoms with Crippen LogP contribution in [-0.2, 0) is 0 Å². The molecule has 7 aromatic heterocycles. The van der Waals surface area contributed by atoms with Crippen molar-refractivity contribution in [2.24, 2.45) is 5.73 Å². The highest BCUT2D eigenvalue weighted by molar-refractivity contribution is 6.12. The zero-order chi connectivity index (χ0) is 43.4. The Morgan fingerprint density at radius 2 is 0.785 bits per heavy atom. The van der Waals surface area contributed by atoms with Gasteiger partial charge in [-0.2, -0.15) is 0 Å². The van der Waals surface area contributed by atoms with Crippen LogP contribution in [0.15, 0.2) is 211 Å². The van der Waals surface area contributed by atoms with Crippen molar-refractivity contribution in [1.82, 2.24) is 29.1 Å². The maximum absolute atomic E-state index is 6.52. The van der Waals surface area contributed by atoms with E-state index in [0.717, 1.165) is 122 Å². The van der Waals surface area contributed by atoms with Crippen LogP contribution >= 0.6 is 0 Å².